The van der Waals surface area contributed by atoms with Crippen LogP contribution < -0.4 is 5.32 Å². The van der Waals surface area contributed by atoms with Crippen molar-refractivity contribution in [2.75, 3.05) is 14.1 Å². The predicted molar refractivity (Wildman–Crippen MR) is 129 cm³/mol. The maximum atomic E-state index is 13.3. The summed E-state index contributed by atoms with van der Waals surface area (Å²) in [5.41, 5.74) is 4.40. The number of carbonyl (C=O) groups is 2. The van der Waals surface area contributed by atoms with Crippen LogP contribution in [-0.4, -0.2) is 50.6 Å². The van der Waals surface area contributed by atoms with E-state index in [1.165, 1.54) is 4.90 Å². The van der Waals surface area contributed by atoms with Gasteiger partial charge < -0.3 is 10.2 Å². The molecule has 0 spiro atoms. The van der Waals surface area contributed by atoms with Crippen LogP contribution in [0, 0.1) is 6.92 Å². The number of hydrogen-bond acceptors (Lipinski definition) is 5. The molecule has 2 amide bonds. The van der Waals surface area contributed by atoms with Gasteiger partial charge in [-0.05, 0) is 55.7 Å². The van der Waals surface area contributed by atoms with Crippen LogP contribution in [0.4, 0.5) is 0 Å². The van der Waals surface area contributed by atoms with E-state index in [2.05, 4.69) is 15.4 Å². The molecule has 5 rings (SSSR count). The lowest BCUT2D eigenvalue weighted by Crippen LogP contribution is -2.24. The summed E-state index contributed by atoms with van der Waals surface area (Å²) in [6.07, 6.45) is 3.87. The van der Waals surface area contributed by atoms with Crippen molar-refractivity contribution in [3.63, 3.8) is 0 Å². The first-order valence-corrected chi connectivity index (χ1v) is 11.3. The Morgan fingerprint density at radius 2 is 1.88 bits per heavy atom. The van der Waals surface area contributed by atoms with Gasteiger partial charge in [0.25, 0.3) is 11.8 Å². The lowest BCUT2D eigenvalue weighted by atomic mass is 10.1. The Hall–Kier alpha value is -4.07. The molecule has 1 aliphatic carbocycles. The topological polar surface area (TPSA) is 93.0 Å². The van der Waals surface area contributed by atoms with Gasteiger partial charge in [-0.2, -0.15) is 9.78 Å². The maximum Gasteiger partial charge on any atom is 0.253 e. The van der Waals surface area contributed by atoms with Gasteiger partial charge in [0.2, 0.25) is 0 Å². The minimum absolute atomic E-state index is 0.0530. The van der Waals surface area contributed by atoms with Crippen molar-refractivity contribution in [2.24, 2.45) is 0 Å². The van der Waals surface area contributed by atoms with Gasteiger partial charge in [-0.1, -0.05) is 18.2 Å². The number of fused-ring (bicyclic) bond motifs is 1. The summed E-state index contributed by atoms with van der Waals surface area (Å²) < 4.78 is 1.72. The van der Waals surface area contributed by atoms with E-state index in [1.54, 1.807) is 37.1 Å². The largest absolute Gasteiger partial charge is 0.348 e. The van der Waals surface area contributed by atoms with Crippen molar-refractivity contribution in [3.8, 4) is 5.82 Å². The van der Waals surface area contributed by atoms with Gasteiger partial charge in [0.15, 0.2) is 11.5 Å². The second kappa shape index (κ2) is 8.70. The molecule has 4 aromatic rings. The molecule has 3 aromatic heterocycles. The molecule has 1 aromatic carbocycles. The molecule has 172 valence electrons. The Bertz CT molecular complexity index is 1370. The highest BCUT2D eigenvalue weighted by Gasteiger charge is 2.29. The molecule has 8 nitrogen and oxygen atoms in total. The highest BCUT2D eigenvalue weighted by atomic mass is 16.2. The zero-order chi connectivity index (χ0) is 23.8. The zero-order valence-electron chi connectivity index (χ0n) is 19.4. The first-order valence-electron chi connectivity index (χ1n) is 11.3. The van der Waals surface area contributed by atoms with E-state index >= 15 is 0 Å². The van der Waals surface area contributed by atoms with Crippen LogP contribution in [-0.2, 0) is 6.54 Å². The molecule has 3 heterocycles. The van der Waals surface area contributed by atoms with E-state index < -0.39 is 0 Å². The summed E-state index contributed by atoms with van der Waals surface area (Å²) in [4.78, 5) is 36.3. The van der Waals surface area contributed by atoms with Gasteiger partial charge in [-0.25, -0.2) is 9.97 Å². The molecule has 0 bridgehead atoms. The van der Waals surface area contributed by atoms with Gasteiger partial charge in [0.05, 0.1) is 16.6 Å². The highest BCUT2D eigenvalue weighted by Crippen LogP contribution is 2.40. The molecule has 8 heteroatoms. The SMILES string of the molecule is Cc1nn(-c2ccccn2)c2nc(C3CC3)cc(C(=O)NCc3ccc(C(=O)N(C)C)cc3)c12. The summed E-state index contributed by atoms with van der Waals surface area (Å²) in [5.74, 6) is 0.819. The zero-order valence-corrected chi connectivity index (χ0v) is 19.4. The van der Waals surface area contributed by atoms with E-state index in [9.17, 15) is 9.59 Å². The second-order valence-electron chi connectivity index (χ2n) is 8.83. The first-order chi connectivity index (χ1) is 16.4. The molecule has 0 saturated heterocycles. The van der Waals surface area contributed by atoms with Crippen molar-refractivity contribution in [3.05, 3.63) is 82.8 Å². The van der Waals surface area contributed by atoms with Crippen LogP contribution >= 0.6 is 0 Å². The number of benzene rings is 1. The van der Waals surface area contributed by atoms with Crippen molar-refractivity contribution >= 4 is 22.8 Å². The van der Waals surface area contributed by atoms with Crippen molar-refractivity contribution in [1.29, 1.82) is 0 Å². The number of amides is 2. The van der Waals surface area contributed by atoms with E-state index in [0.29, 0.717) is 35.1 Å². The van der Waals surface area contributed by atoms with E-state index in [4.69, 9.17) is 4.98 Å². The Balaban J connectivity index is 1.45. The molecule has 34 heavy (non-hydrogen) atoms. The minimum atomic E-state index is -0.175. The van der Waals surface area contributed by atoms with Gasteiger partial charge in [0, 0.05) is 44.0 Å². The lowest BCUT2D eigenvalue weighted by molar-refractivity contribution is 0.0827. The third-order valence-corrected chi connectivity index (χ3v) is 6.00. The van der Waals surface area contributed by atoms with Crippen molar-refractivity contribution in [1.82, 2.24) is 30.0 Å². The maximum absolute atomic E-state index is 13.3. The fraction of sp³-hybridized carbons (Fsp3) is 0.269. The quantitative estimate of drug-likeness (QED) is 0.480. The molecule has 0 unspecified atom stereocenters. The Labute approximate surface area is 197 Å². The number of nitrogens with one attached hydrogen (secondary N) is 1. The Morgan fingerprint density at radius 3 is 2.53 bits per heavy atom. The van der Waals surface area contributed by atoms with Crippen molar-refractivity contribution in [2.45, 2.75) is 32.2 Å². The highest BCUT2D eigenvalue weighted by molar-refractivity contribution is 6.06. The second-order valence-corrected chi connectivity index (χ2v) is 8.83. The molecule has 1 aliphatic rings. The number of aryl methyl sites for hydroxylation is 1. The number of aromatic nitrogens is 4. The summed E-state index contributed by atoms with van der Waals surface area (Å²) in [6, 6.07) is 14.8. The summed E-state index contributed by atoms with van der Waals surface area (Å²) in [5, 5.41) is 8.42. The monoisotopic (exact) mass is 454 g/mol. The number of hydrogen-bond donors (Lipinski definition) is 1. The van der Waals surface area contributed by atoms with E-state index in [1.807, 2.05) is 43.3 Å². The molecule has 1 saturated carbocycles. The first kappa shape index (κ1) is 21.8. The lowest BCUT2D eigenvalue weighted by Gasteiger charge is -2.11. The van der Waals surface area contributed by atoms with E-state index in [0.717, 1.165) is 35.2 Å². The van der Waals surface area contributed by atoms with Gasteiger partial charge in [-0.3, -0.25) is 9.59 Å². The third-order valence-electron chi connectivity index (χ3n) is 6.00. The molecule has 0 radical (unpaired) electrons. The predicted octanol–water partition coefficient (Wildman–Crippen LogP) is 3.63. The minimum Gasteiger partial charge on any atom is -0.348 e. The third kappa shape index (κ3) is 4.14. The Kier molecular flexibility index (Phi) is 5.57. The van der Waals surface area contributed by atoms with Crippen molar-refractivity contribution < 1.29 is 9.59 Å². The standard InChI is InChI=1S/C26H26N6O2/c1-16-23-20(25(33)28-15-17-7-9-19(10-8-17)26(34)31(2)3)14-21(18-11-12-18)29-24(23)32(30-16)22-6-4-5-13-27-22/h4-10,13-14,18H,11-12,15H2,1-3H3,(H,28,33). The van der Waals surface area contributed by atoms with Crippen LogP contribution in [0.5, 0.6) is 0 Å². The normalized spacial score (nSPS) is 13.1. The number of pyridine rings is 2. The summed E-state index contributed by atoms with van der Waals surface area (Å²) in [6.45, 7) is 2.24. The summed E-state index contributed by atoms with van der Waals surface area (Å²) >= 11 is 0. The smallest absolute Gasteiger partial charge is 0.253 e. The van der Waals surface area contributed by atoms with Gasteiger partial charge in [-0.15, -0.1) is 0 Å². The average molecular weight is 455 g/mol. The number of rotatable bonds is 6. The van der Waals surface area contributed by atoms with Crippen LogP contribution in [0.3, 0.4) is 0 Å². The fourth-order valence-electron chi connectivity index (χ4n) is 4.02. The number of carbonyl (C=O) groups excluding carboxylic acids is 2. The van der Waals surface area contributed by atoms with Gasteiger partial charge in [0.1, 0.15) is 0 Å². The molecular formula is C26H26N6O2. The van der Waals surface area contributed by atoms with E-state index in [-0.39, 0.29) is 11.8 Å². The average Bonchev–Trinajstić information content (AvgIpc) is 3.66. The molecule has 0 aliphatic heterocycles. The van der Waals surface area contributed by atoms with Crippen LogP contribution in [0.15, 0.2) is 54.7 Å². The molecule has 0 atom stereocenters. The molecular weight excluding hydrogens is 428 g/mol. The molecule has 1 fully saturated rings. The number of nitrogens with zero attached hydrogens (tertiary/aromatic N) is 5. The van der Waals surface area contributed by atoms with Gasteiger partial charge >= 0.3 is 0 Å². The van der Waals surface area contributed by atoms with Crippen LogP contribution in [0.1, 0.15) is 56.4 Å². The summed E-state index contributed by atoms with van der Waals surface area (Å²) in [7, 11) is 3.44. The molecule has 1 N–H and O–H groups in total. The van der Waals surface area contributed by atoms with Crippen LogP contribution in [0.2, 0.25) is 0 Å². The Morgan fingerprint density at radius 1 is 1.12 bits per heavy atom. The van der Waals surface area contributed by atoms with Crippen LogP contribution in [0.25, 0.3) is 16.9 Å². The fourth-order valence-corrected chi connectivity index (χ4v) is 4.02.